The molecule has 4 amide bonds. The molecule has 2 aliphatic heterocycles. The second-order valence-corrected chi connectivity index (χ2v) is 19.0. The Morgan fingerprint density at radius 3 is 2.38 bits per heavy atom. The molecule has 0 bridgehead atoms. The van der Waals surface area contributed by atoms with Gasteiger partial charge in [0.2, 0.25) is 33.3 Å². The molecule has 1 aromatic heterocycles. The number of benzene rings is 1. The van der Waals surface area contributed by atoms with Crippen LogP contribution < -0.4 is 29.6 Å². The molecule has 15 nitrogen and oxygen atoms in total. The smallest absolute Gasteiger partial charge is 0.427 e. The van der Waals surface area contributed by atoms with Gasteiger partial charge < -0.3 is 34.5 Å². The molecular formula is C40H51F4N5O10S. The summed E-state index contributed by atoms with van der Waals surface area (Å²) in [6, 6.07) is 2.17. The second kappa shape index (κ2) is 16.5. The number of nitrogens with one attached hydrogen (secondary N) is 3. The minimum Gasteiger partial charge on any atom is -0.493 e. The van der Waals surface area contributed by atoms with Gasteiger partial charge in [-0.3, -0.25) is 19.1 Å². The molecule has 20 heteroatoms. The van der Waals surface area contributed by atoms with E-state index in [2.05, 4.69) is 15.6 Å². The van der Waals surface area contributed by atoms with Crippen LogP contribution in [0.3, 0.4) is 0 Å². The predicted molar refractivity (Wildman–Crippen MR) is 208 cm³/mol. The van der Waals surface area contributed by atoms with Gasteiger partial charge in [0.25, 0.3) is 5.91 Å². The SMILES string of the molecule is COc1cc2ccnc(O[C@@H]3C[C@H]4C(=O)N[C@]5(C(=O)NS(=O)(=O)C6(CF)CC6)C[C@H]5/C=C\CC[C@@H](C)C[C@@H](C)[C@H](NC(=O)OC(C)(C)C(F)(F)F)C(=O)N4C3)c2cc1OC. The van der Waals surface area contributed by atoms with Gasteiger partial charge in [-0.15, -0.1) is 0 Å². The summed E-state index contributed by atoms with van der Waals surface area (Å²) in [4.78, 5) is 61.9. The fourth-order valence-corrected chi connectivity index (χ4v) is 9.35. The Hall–Kier alpha value is -4.88. The topological polar surface area (TPSA) is 192 Å². The van der Waals surface area contributed by atoms with Gasteiger partial charge in [0, 0.05) is 23.9 Å². The van der Waals surface area contributed by atoms with Crippen LogP contribution in [0.2, 0.25) is 0 Å². The summed E-state index contributed by atoms with van der Waals surface area (Å²) in [5.41, 5.74) is -4.69. The van der Waals surface area contributed by atoms with Crippen LogP contribution in [0.4, 0.5) is 22.4 Å². The molecule has 3 fully saturated rings. The zero-order chi connectivity index (χ0) is 44.0. The molecule has 330 valence electrons. The highest BCUT2D eigenvalue weighted by Gasteiger charge is 2.64. The molecule has 3 N–H and O–H groups in total. The maximum atomic E-state index is 14.8. The molecule has 0 spiro atoms. The largest absolute Gasteiger partial charge is 0.493 e. The van der Waals surface area contributed by atoms with Crippen molar-refractivity contribution in [1.82, 2.24) is 25.2 Å². The van der Waals surface area contributed by atoms with Gasteiger partial charge in [0.05, 0.1) is 20.8 Å². The lowest BCUT2D eigenvalue weighted by Crippen LogP contribution is -2.60. The van der Waals surface area contributed by atoms with Crippen molar-refractivity contribution in [1.29, 1.82) is 0 Å². The molecule has 3 heterocycles. The maximum absolute atomic E-state index is 14.8. The fourth-order valence-electron chi connectivity index (χ4n) is 7.92. The van der Waals surface area contributed by atoms with Crippen LogP contribution >= 0.6 is 0 Å². The number of alkyl carbamates (subject to hydrolysis) is 1. The molecule has 0 unspecified atom stereocenters. The molecule has 4 aliphatic rings. The molecule has 60 heavy (non-hydrogen) atoms. The molecular weight excluding hydrogens is 819 g/mol. The number of methoxy groups -OCH3 is 2. The Labute approximate surface area is 345 Å². The number of hydrogen-bond donors (Lipinski definition) is 3. The minimum atomic E-state index is -4.94. The van der Waals surface area contributed by atoms with E-state index in [0.717, 1.165) is 4.90 Å². The Morgan fingerprint density at radius 1 is 1.07 bits per heavy atom. The predicted octanol–water partition coefficient (Wildman–Crippen LogP) is 4.87. The van der Waals surface area contributed by atoms with Crippen molar-refractivity contribution in [2.24, 2.45) is 17.8 Å². The molecule has 1 aromatic carbocycles. The van der Waals surface area contributed by atoms with E-state index >= 15 is 0 Å². The Kier molecular flexibility index (Phi) is 12.3. The molecule has 6 rings (SSSR count). The summed E-state index contributed by atoms with van der Waals surface area (Å²) in [7, 11) is -1.55. The molecule has 2 aromatic rings. The van der Waals surface area contributed by atoms with Gasteiger partial charge in [0.15, 0.2) is 11.5 Å². The van der Waals surface area contributed by atoms with Gasteiger partial charge >= 0.3 is 12.3 Å². The van der Waals surface area contributed by atoms with E-state index in [4.69, 9.17) is 18.9 Å². The third-order valence-corrected chi connectivity index (χ3v) is 14.2. The first-order valence-electron chi connectivity index (χ1n) is 19.8. The number of pyridine rings is 1. The molecule has 0 radical (unpaired) electrons. The monoisotopic (exact) mass is 869 g/mol. The fraction of sp³-hybridized carbons (Fsp3) is 0.625. The van der Waals surface area contributed by atoms with Crippen molar-refractivity contribution >= 4 is 44.6 Å². The van der Waals surface area contributed by atoms with Crippen LogP contribution in [0.25, 0.3) is 10.8 Å². The van der Waals surface area contributed by atoms with Crippen LogP contribution in [0.15, 0.2) is 36.5 Å². The van der Waals surface area contributed by atoms with E-state index in [1.165, 1.54) is 20.4 Å². The first-order valence-corrected chi connectivity index (χ1v) is 21.2. The number of carbonyl (C=O) groups excluding carboxylic acids is 4. The van der Waals surface area contributed by atoms with E-state index in [-0.39, 0.29) is 44.0 Å². The van der Waals surface area contributed by atoms with Crippen molar-refractivity contribution in [2.75, 3.05) is 27.4 Å². The highest BCUT2D eigenvalue weighted by molar-refractivity contribution is 7.91. The van der Waals surface area contributed by atoms with Gasteiger partial charge in [-0.05, 0) is 87.8 Å². The normalized spacial score (nSPS) is 28.8. The average molecular weight is 870 g/mol. The summed E-state index contributed by atoms with van der Waals surface area (Å²) in [6.45, 7) is 3.43. The Bertz CT molecular complexity index is 2150. The summed E-state index contributed by atoms with van der Waals surface area (Å²) in [5.74, 6) is -3.26. The van der Waals surface area contributed by atoms with Crippen molar-refractivity contribution in [3.8, 4) is 17.4 Å². The highest BCUT2D eigenvalue weighted by Crippen LogP contribution is 2.48. The zero-order valence-electron chi connectivity index (χ0n) is 34.2. The van der Waals surface area contributed by atoms with Crippen LogP contribution in [-0.4, -0.2) is 110 Å². The number of allylic oxidation sites excluding steroid dienone is 1. The lowest BCUT2D eigenvalue weighted by molar-refractivity contribution is -0.244. The third kappa shape index (κ3) is 8.79. The lowest BCUT2D eigenvalue weighted by Gasteiger charge is -2.34. The van der Waals surface area contributed by atoms with E-state index < -0.39 is 92.6 Å². The molecule has 7 atom stereocenters. The van der Waals surface area contributed by atoms with Crippen molar-refractivity contribution in [2.45, 2.75) is 113 Å². The number of rotatable bonds is 10. The third-order valence-electron chi connectivity index (χ3n) is 12.1. The summed E-state index contributed by atoms with van der Waals surface area (Å²) in [6.07, 6.45) is -1.15. The maximum Gasteiger partial charge on any atom is 0.427 e. The Balaban J connectivity index is 1.37. The number of hydrogen-bond acceptors (Lipinski definition) is 11. The molecule has 2 saturated carbocycles. The molecule has 2 aliphatic carbocycles. The second-order valence-electron chi connectivity index (χ2n) is 16.9. The number of halogens is 4. The number of carbonyl (C=O) groups is 4. The number of aromatic nitrogens is 1. The summed E-state index contributed by atoms with van der Waals surface area (Å²) >= 11 is 0. The van der Waals surface area contributed by atoms with Crippen molar-refractivity contribution in [3.63, 3.8) is 0 Å². The zero-order valence-corrected chi connectivity index (χ0v) is 35.0. The van der Waals surface area contributed by atoms with Crippen molar-refractivity contribution < 1.29 is 64.1 Å². The first-order chi connectivity index (χ1) is 28.1. The van der Waals surface area contributed by atoms with Gasteiger partial charge in [-0.25, -0.2) is 22.6 Å². The number of sulfonamides is 1. The van der Waals surface area contributed by atoms with Gasteiger partial charge in [-0.1, -0.05) is 26.0 Å². The highest BCUT2D eigenvalue weighted by atomic mass is 32.2. The lowest BCUT2D eigenvalue weighted by atomic mass is 9.88. The van der Waals surface area contributed by atoms with Crippen LogP contribution in [0.1, 0.15) is 72.6 Å². The molecule has 1 saturated heterocycles. The van der Waals surface area contributed by atoms with E-state index in [1.807, 2.05) is 11.6 Å². The van der Waals surface area contributed by atoms with E-state index in [0.29, 0.717) is 55.4 Å². The number of ether oxygens (including phenoxy) is 4. The Morgan fingerprint density at radius 2 is 1.75 bits per heavy atom. The van der Waals surface area contributed by atoms with Crippen LogP contribution in [0.5, 0.6) is 17.4 Å². The van der Waals surface area contributed by atoms with Crippen LogP contribution in [-0.2, 0) is 29.1 Å². The van der Waals surface area contributed by atoms with Gasteiger partial charge in [-0.2, -0.15) is 13.2 Å². The van der Waals surface area contributed by atoms with Crippen molar-refractivity contribution in [3.05, 3.63) is 36.5 Å². The minimum absolute atomic E-state index is 0.00261. The average Bonchev–Trinajstić information content (AvgIpc) is 4.08. The number of fused-ring (bicyclic) bond motifs is 3. The standard InChI is InChI=1S/C40H51F4N5O10S/c1-22-9-7-8-10-25-19-39(25,35(52)48-60(54,55)38(21-41)12-13-38)47-32(50)28-17-26(58-33-27-18-30(57-6)29(56-5)16-24(27)11-14-45-33)20-49(28)34(51)31(23(2)15-22)46-36(53)59-37(3,4)40(42,43)44/h8,10-11,14,16,18,22-23,25-26,28,31H,7,9,12-13,15,17,19-21H2,1-6H3,(H,46,53)(H,47,50)(H,48,52)/b10-8-/t22-,23-,25-,26-,28+,31+,39-/m1/s1. The number of amides is 4. The van der Waals surface area contributed by atoms with E-state index in [9.17, 15) is 45.2 Å². The summed E-state index contributed by atoms with van der Waals surface area (Å²) < 4.78 is 104. The van der Waals surface area contributed by atoms with E-state index in [1.54, 1.807) is 37.3 Å². The quantitative estimate of drug-likeness (QED) is 0.218. The van der Waals surface area contributed by atoms with Crippen LogP contribution in [0, 0.1) is 17.8 Å². The summed E-state index contributed by atoms with van der Waals surface area (Å²) in [5, 5.41) is 6.22. The first kappa shape index (κ1) is 44.7. The van der Waals surface area contributed by atoms with Gasteiger partial charge in [0.1, 0.15) is 35.1 Å². The number of nitrogens with zero attached hydrogens (tertiary/aromatic N) is 2. The number of alkyl halides is 4.